The summed E-state index contributed by atoms with van der Waals surface area (Å²) in [5.41, 5.74) is 2.28. The molecule has 1 aliphatic rings. The Morgan fingerprint density at radius 2 is 1.96 bits per heavy atom. The molecule has 4 nitrogen and oxygen atoms in total. The number of thiophene rings is 1. The van der Waals surface area contributed by atoms with Gasteiger partial charge in [-0.25, -0.2) is 4.79 Å². The minimum Gasteiger partial charge on any atom is -0.462 e. The van der Waals surface area contributed by atoms with Crippen LogP contribution in [-0.4, -0.2) is 18.4 Å². The predicted octanol–water partition coefficient (Wildman–Crippen LogP) is 5.27. The molecule has 0 bridgehead atoms. The van der Waals surface area contributed by atoms with Crippen molar-refractivity contribution in [2.75, 3.05) is 11.9 Å². The highest BCUT2D eigenvalue weighted by Gasteiger charge is 2.25. The van der Waals surface area contributed by atoms with Crippen LogP contribution >= 0.6 is 22.9 Å². The van der Waals surface area contributed by atoms with Crippen LogP contribution in [0.15, 0.2) is 36.5 Å². The lowest BCUT2D eigenvalue weighted by Gasteiger charge is -2.12. The predicted molar refractivity (Wildman–Crippen MR) is 105 cm³/mol. The molecule has 1 aromatic carbocycles. The quantitative estimate of drug-likeness (QED) is 0.415. The van der Waals surface area contributed by atoms with E-state index in [1.807, 2.05) is 0 Å². The molecular weight excluding hydrogens is 370 g/mol. The Balaban J connectivity index is 1.78. The van der Waals surface area contributed by atoms with Gasteiger partial charge in [0.05, 0.1) is 12.2 Å². The molecular formula is C20H20ClNO3S. The lowest BCUT2D eigenvalue weighted by molar-refractivity contribution is 0.0526. The van der Waals surface area contributed by atoms with Gasteiger partial charge in [0.1, 0.15) is 5.00 Å². The van der Waals surface area contributed by atoms with Crippen LogP contribution in [-0.2, 0) is 17.6 Å². The summed E-state index contributed by atoms with van der Waals surface area (Å²) in [5, 5.41) is 4.45. The summed E-state index contributed by atoms with van der Waals surface area (Å²) < 4.78 is 5.23. The fourth-order valence-corrected chi connectivity index (χ4v) is 4.37. The number of hydrogen-bond donors (Lipinski definition) is 1. The maximum atomic E-state index is 12.4. The summed E-state index contributed by atoms with van der Waals surface area (Å²) in [6, 6.07) is 6.73. The van der Waals surface area contributed by atoms with E-state index >= 15 is 0 Å². The Morgan fingerprint density at radius 3 is 2.69 bits per heavy atom. The van der Waals surface area contributed by atoms with E-state index in [0.29, 0.717) is 22.8 Å². The average molecular weight is 390 g/mol. The Morgan fingerprint density at radius 1 is 1.23 bits per heavy atom. The van der Waals surface area contributed by atoms with Crippen molar-refractivity contribution in [3.8, 4) is 0 Å². The van der Waals surface area contributed by atoms with Crippen LogP contribution < -0.4 is 5.32 Å². The second-order valence-corrected chi connectivity index (χ2v) is 7.53. The number of benzene rings is 1. The van der Waals surface area contributed by atoms with E-state index in [1.54, 1.807) is 48.7 Å². The van der Waals surface area contributed by atoms with Crippen molar-refractivity contribution < 1.29 is 14.3 Å². The van der Waals surface area contributed by atoms with E-state index in [4.69, 9.17) is 16.3 Å². The number of aryl methyl sites for hydroxylation is 1. The average Bonchev–Trinajstić information content (AvgIpc) is 3.00. The Kier molecular flexibility index (Phi) is 6.12. The third-order valence-corrected chi connectivity index (χ3v) is 5.70. The van der Waals surface area contributed by atoms with Crippen LogP contribution in [0, 0.1) is 0 Å². The van der Waals surface area contributed by atoms with Crippen LogP contribution in [0.5, 0.6) is 0 Å². The molecule has 0 amide bonds. The van der Waals surface area contributed by atoms with Crippen LogP contribution in [0.25, 0.3) is 0 Å². The zero-order valence-corrected chi connectivity index (χ0v) is 16.1. The second kappa shape index (κ2) is 8.52. The van der Waals surface area contributed by atoms with Gasteiger partial charge < -0.3 is 10.1 Å². The normalized spacial score (nSPS) is 13.5. The van der Waals surface area contributed by atoms with E-state index in [9.17, 15) is 9.59 Å². The SMILES string of the molecule is CCOC(=O)c1c(N/C=C\C(=O)c2ccc(Cl)cc2)sc2c1CCCC2. The number of anilines is 1. The molecule has 0 fully saturated rings. The van der Waals surface area contributed by atoms with Crippen molar-refractivity contribution in [1.29, 1.82) is 0 Å². The molecule has 0 saturated carbocycles. The fourth-order valence-electron chi connectivity index (χ4n) is 2.99. The number of fused-ring (bicyclic) bond motifs is 1. The molecule has 0 spiro atoms. The molecule has 0 unspecified atom stereocenters. The maximum absolute atomic E-state index is 12.4. The summed E-state index contributed by atoms with van der Waals surface area (Å²) in [7, 11) is 0. The fraction of sp³-hybridized carbons (Fsp3) is 0.300. The first kappa shape index (κ1) is 18.7. The van der Waals surface area contributed by atoms with Crippen molar-refractivity contribution in [3.05, 3.63) is 63.1 Å². The number of carbonyl (C=O) groups is 2. The van der Waals surface area contributed by atoms with E-state index < -0.39 is 0 Å². The van der Waals surface area contributed by atoms with Gasteiger partial charge in [0, 0.05) is 27.7 Å². The first-order valence-corrected chi connectivity index (χ1v) is 9.84. The molecule has 0 radical (unpaired) electrons. The second-order valence-electron chi connectivity index (χ2n) is 5.98. The Labute approximate surface area is 161 Å². The van der Waals surface area contributed by atoms with Crippen molar-refractivity contribution in [3.63, 3.8) is 0 Å². The monoisotopic (exact) mass is 389 g/mol. The highest BCUT2D eigenvalue weighted by Crippen LogP contribution is 2.38. The zero-order valence-electron chi connectivity index (χ0n) is 14.5. The third-order valence-electron chi connectivity index (χ3n) is 4.23. The first-order chi connectivity index (χ1) is 12.6. The molecule has 26 heavy (non-hydrogen) atoms. The van der Waals surface area contributed by atoms with Crippen LogP contribution in [0.2, 0.25) is 5.02 Å². The minimum absolute atomic E-state index is 0.131. The van der Waals surface area contributed by atoms with E-state index in [1.165, 1.54) is 11.0 Å². The number of hydrogen-bond acceptors (Lipinski definition) is 5. The molecule has 0 atom stereocenters. The third kappa shape index (κ3) is 4.17. The van der Waals surface area contributed by atoms with Gasteiger partial charge in [-0.15, -0.1) is 11.3 Å². The molecule has 1 heterocycles. The van der Waals surface area contributed by atoms with Crippen molar-refractivity contribution in [2.45, 2.75) is 32.6 Å². The molecule has 1 N–H and O–H groups in total. The lowest BCUT2D eigenvalue weighted by Crippen LogP contribution is -2.10. The number of esters is 1. The highest BCUT2D eigenvalue weighted by molar-refractivity contribution is 7.16. The van der Waals surface area contributed by atoms with Crippen LogP contribution in [0.1, 0.15) is 50.9 Å². The minimum atomic E-state index is -0.299. The zero-order chi connectivity index (χ0) is 18.5. The van der Waals surface area contributed by atoms with E-state index in [0.717, 1.165) is 36.2 Å². The maximum Gasteiger partial charge on any atom is 0.341 e. The number of ketones is 1. The molecule has 136 valence electrons. The Hall–Kier alpha value is -2.11. The van der Waals surface area contributed by atoms with Gasteiger partial charge in [-0.05, 0) is 62.4 Å². The Bertz CT molecular complexity index is 839. The van der Waals surface area contributed by atoms with Gasteiger partial charge in [-0.1, -0.05) is 11.6 Å². The summed E-state index contributed by atoms with van der Waals surface area (Å²) in [6.45, 7) is 2.14. The molecule has 2 aromatic rings. The molecule has 0 aliphatic heterocycles. The van der Waals surface area contributed by atoms with Gasteiger partial charge in [-0.3, -0.25) is 4.79 Å². The van der Waals surface area contributed by atoms with Gasteiger partial charge in [0.25, 0.3) is 0 Å². The van der Waals surface area contributed by atoms with Gasteiger partial charge in [0.2, 0.25) is 0 Å². The smallest absolute Gasteiger partial charge is 0.341 e. The van der Waals surface area contributed by atoms with E-state index in [-0.39, 0.29) is 11.8 Å². The van der Waals surface area contributed by atoms with Crippen molar-refractivity contribution in [2.24, 2.45) is 0 Å². The largest absolute Gasteiger partial charge is 0.462 e. The first-order valence-electron chi connectivity index (χ1n) is 8.64. The number of carbonyl (C=O) groups excluding carboxylic acids is 2. The number of nitrogens with one attached hydrogen (secondary N) is 1. The van der Waals surface area contributed by atoms with Crippen LogP contribution in [0.3, 0.4) is 0 Å². The molecule has 0 saturated heterocycles. The topological polar surface area (TPSA) is 55.4 Å². The van der Waals surface area contributed by atoms with Crippen LogP contribution in [0.4, 0.5) is 5.00 Å². The van der Waals surface area contributed by atoms with Crippen molar-refractivity contribution >= 4 is 39.7 Å². The van der Waals surface area contributed by atoms with E-state index in [2.05, 4.69) is 5.32 Å². The summed E-state index contributed by atoms with van der Waals surface area (Å²) in [6.07, 6.45) is 7.14. The standard InChI is InChI=1S/C20H20ClNO3S/c1-2-25-20(24)18-15-5-3-4-6-17(15)26-19(18)22-12-11-16(23)13-7-9-14(21)10-8-13/h7-12,22H,2-6H2,1H3/b12-11-. The molecule has 1 aromatic heterocycles. The highest BCUT2D eigenvalue weighted by atomic mass is 35.5. The summed E-state index contributed by atoms with van der Waals surface area (Å²) in [4.78, 5) is 25.8. The number of allylic oxidation sites excluding steroid dienone is 1. The van der Waals surface area contributed by atoms with Gasteiger partial charge >= 0.3 is 5.97 Å². The van der Waals surface area contributed by atoms with Gasteiger partial charge in [-0.2, -0.15) is 0 Å². The molecule has 3 rings (SSSR count). The summed E-state index contributed by atoms with van der Waals surface area (Å²) >= 11 is 7.41. The summed E-state index contributed by atoms with van der Waals surface area (Å²) in [5.74, 6) is -0.431. The molecule has 1 aliphatic carbocycles. The number of rotatable bonds is 6. The van der Waals surface area contributed by atoms with Gasteiger partial charge in [0.15, 0.2) is 5.78 Å². The lowest BCUT2D eigenvalue weighted by atomic mass is 9.95. The molecule has 6 heteroatoms. The van der Waals surface area contributed by atoms with Crippen molar-refractivity contribution in [1.82, 2.24) is 0 Å². The number of halogens is 1. The number of ether oxygens (including phenoxy) is 1.